The summed E-state index contributed by atoms with van der Waals surface area (Å²) in [5, 5.41) is 2.57. The highest BCUT2D eigenvalue weighted by molar-refractivity contribution is 5.98. The first kappa shape index (κ1) is 34.0. The predicted octanol–water partition coefficient (Wildman–Crippen LogP) is 4.72. The number of hydrogen-bond acceptors (Lipinski definition) is 7. The highest BCUT2D eigenvalue weighted by Crippen LogP contribution is 2.39. The van der Waals surface area contributed by atoms with Crippen molar-refractivity contribution in [1.82, 2.24) is 9.88 Å². The smallest absolute Gasteiger partial charge is 0.411 e. The van der Waals surface area contributed by atoms with Crippen molar-refractivity contribution in [2.24, 2.45) is 7.05 Å². The van der Waals surface area contributed by atoms with Crippen molar-refractivity contribution >= 4 is 17.6 Å². The molecule has 2 aromatic carbocycles. The lowest BCUT2D eigenvalue weighted by atomic mass is 9.89. The van der Waals surface area contributed by atoms with E-state index in [9.17, 15) is 27.6 Å². The minimum Gasteiger partial charge on any atom is -0.493 e. The number of anilines is 1. The Morgan fingerprint density at radius 1 is 1.11 bits per heavy atom. The number of methoxy groups -OCH3 is 1. The molecule has 1 N–H and O–H groups in total. The molecule has 0 radical (unpaired) electrons. The molecule has 0 spiro atoms. The van der Waals surface area contributed by atoms with E-state index in [-0.39, 0.29) is 36.4 Å². The summed E-state index contributed by atoms with van der Waals surface area (Å²) in [6.45, 7) is 4.90. The van der Waals surface area contributed by atoms with Crippen LogP contribution in [0.2, 0.25) is 0 Å². The van der Waals surface area contributed by atoms with Gasteiger partial charge in [0.2, 0.25) is 0 Å². The number of halogens is 4. The predicted molar refractivity (Wildman–Crippen MR) is 167 cm³/mol. The van der Waals surface area contributed by atoms with Crippen molar-refractivity contribution < 1.29 is 41.4 Å². The number of nitrogens with one attached hydrogen (secondary N) is 1. The second-order valence-electron chi connectivity index (χ2n) is 11.9. The number of hydrogen-bond donors (Lipinski definition) is 1. The second kappa shape index (κ2) is 13.4. The Labute approximate surface area is 269 Å². The van der Waals surface area contributed by atoms with Gasteiger partial charge in [0.05, 0.1) is 38.1 Å². The van der Waals surface area contributed by atoms with Crippen LogP contribution in [0.5, 0.6) is 5.75 Å². The van der Waals surface area contributed by atoms with E-state index in [1.165, 1.54) is 20.1 Å². The minimum absolute atomic E-state index is 0.0188. The number of fused-ring (bicyclic) bond motifs is 1. The molecule has 1 amide bonds. The summed E-state index contributed by atoms with van der Waals surface area (Å²) >= 11 is 0. The number of pyridine rings is 1. The Morgan fingerprint density at radius 2 is 1.85 bits per heavy atom. The molecule has 252 valence electrons. The largest absolute Gasteiger partial charge is 0.493 e. The summed E-state index contributed by atoms with van der Waals surface area (Å²) in [6.07, 6.45) is -3.33. The van der Waals surface area contributed by atoms with E-state index in [0.29, 0.717) is 41.9 Å². The van der Waals surface area contributed by atoms with Crippen LogP contribution in [0.25, 0.3) is 11.1 Å². The summed E-state index contributed by atoms with van der Waals surface area (Å²) in [6, 6.07) is 4.48. The van der Waals surface area contributed by atoms with Gasteiger partial charge in [-0.15, -0.1) is 0 Å². The van der Waals surface area contributed by atoms with Gasteiger partial charge in [0.25, 0.3) is 11.5 Å². The van der Waals surface area contributed by atoms with Crippen LogP contribution in [0, 0.1) is 26.6 Å². The zero-order chi connectivity index (χ0) is 34.2. The van der Waals surface area contributed by atoms with Gasteiger partial charge in [-0.1, -0.05) is 12.1 Å². The van der Waals surface area contributed by atoms with Crippen LogP contribution in [-0.4, -0.2) is 68.2 Å². The fraction of sp³-hybridized carbons (Fsp3) is 0.441. The highest BCUT2D eigenvalue weighted by Gasteiger charge is 2.45. The number of carbonyl (C=O) groups is 2. The summed E-state index contributed by atoms with van der Waals surface area (Å²) in [4.78, 5) is 40.7. The fourth-order valence-corrected chi connectivity index (χ4v) is 6.37. The van der Waals surface area contributed by atoms with E-state index in [0.717, 1.165) is 27.8 Å². The molecule has 3 aromatic rings. The third-order valence-electron chi connectivity index (χ3n) is 8.86. The number of ether oxygens (including phenoxy) is 3. The first-order valence-corrected chi connectivity index (χ1v) is 15.3. The Morgan fingerprint density at radius 3 is 2.53 bits per heavy atom. The minimum atomic E-state index is -4.61. The maximum absolute atomic E-state index is 15.5. The number of benzene rings is 2. The zero-order valence-corrected chi connectivity index (χ0v) is 26.8. The normalized spacial score (nSPS) is 17.0. The molecule has 1 fully saturated rings. The van der Waals surface area contributed by atoms with Gasteiger partial charge in [-0.05, 0) is 74.1 Å². The quantitative estimate of drug-likeness (QED) is 0.290. The summed E-state index contributed by atoms with van der Waals surface area (Å²) < 4.78 is 74.1. The van der Waals surface area contributed by atoms with Crippen LogP contribution < -0.4 is 20.5 Å². The van der Waals surface area contributed by atoms with Crippen LogP contribution in [0.1, 0.15) is 44.7 Å². The van der Waals surface area contributed by atoms with E-state index < -0.39 is 48.1 Å². The van der Waals surface area contributed by atoms with Crippen molar-refractivity contribution in [3.63, 3.8) is 0 Å². The highest BCUT2D eigenvalue weighted by atomic mass is 19.4. The topological polar surface area (TPSA) is 99.1 Å². The molecule has 2 atom stereocenters. The Hall–Kier alpha value is -4.39. The number of aryl methyl sites for hydroxylation is 3. The standard InChI is InChI=1S/C34H37F4N3O6/c1-18-13-20(3)40(4)32(43)28(18)24-9-8-21(23-7-6-11-47-30(23)24)15-26(33(44)45-5)39-31(42)29-19(2)14-22(16-25(29)35)41-10-12-46-17-27(41)34(36,37)38/h8-9,13-14,16,26-27H,6-7,10-12,15,17H2,1-5H3,(H,39,42)/t26-,27+/m0/s1. The average Bonchev–Trinajstić information content (AvgIpc) is 3.03. The monoisotopic (exact) mass is 659 g/mol. The van der Waals surface area contributed by atoms with Gasteiger partial charge in [0, 0.05) is 37.0 Å². The van der Waals surface area contributed by atoms with Crippen LogP contribution in [-0.2, 0) is 34.2 Å². The van der Waals surface area contributed by atoms with E-state index in [1.807, 2.05) is 19.9 Å². The Balaban J connectivity index is 1.45. The molecule has 1 saturated heterocycles. The van der Waals surface area contributed by atoms with Crippen LogP contribution in [0.4, 0.5) is 23.2 Å². The SMILES string of the molecule is COC(=O)[C@H](Cc1ccc(-c2c(C)cc(C)n(C)c2=O)c2c1CCCO2)NC(=O)c1c(C)cc(N2CCOC[C@@H]2C(F)(F)F)cc1F. The van der Waals surface area contributed by atoms with Gasteiger partial charge in [0.1, 0.15) is 23.7 Å². The molecule has 5 rings (SSSR count). The van der Waals surface area contributed by atoms with Crippen LogP contribution in [0.15, 0.2) is 35.1 Å². The van der Waals surface area contributed by atoms with Crippen molar-refractivity contribution in [1.29, 1.82) is 0 Å². The third-order valence-corrected chi connectivity index (χ3v) is 8.86. The summed E-state index contributed by atoms with van der Waals surface area (Å²) in [7, 11) is 2.87. The number of amides is 1. The lowest BCUT2D eigenvalue weighted by molar-refractivity contribution is -0.167. The average molecular weight is 660 g/mol. The number of esters is 1. The summed E-state index contributed by atoms with van der Waals surface area (Å²) in [5.41, 5.74) is 3.71. The molecule has 0 bridgehead atoms. The Bertz CT molecular complexity index is 1750. The lowest BCUT2D eigenvalue weighted by Gasteiger charge is -2.38. The van der Waals surface area contributed by atoms with Crippen molar-refractivity contribution in [3.05, 3.63) is 80.0 Å². The first-order chi connectivity index (χ1) is 22.2. The van der Waals surface area contributed by atoms with Crippen molar-refractivity contribution in [3.8, 4) is 16.9 Å². The Kier molecular flexibility index (Phi) is 9.67. The van der Waals surface area contributed by atoms with Gasteiger partial charge >= 0.3 is 12.1 Å². The molecule has 2 aliphatic heterocycles. The second-order valence-corrected chi connectivity index (χ2v) is 11.9. The molecule has 0 unspecified atom stereocenters. The first-order valence-electron chi connectivity index (χ1n) is 15.3. The summed E-state index contributed by atoms with van der Waals surface area (Å²) in [5.74, 6) is -2.19. The van der Waals surface area contributed by atoms with Crippen molar-refractivity contribution in [2.45, 2.75) is 58.3 Å². The van der Waals surface area contributed by atoms with E-state index in [4.69, 9.17) is 14.2 Å². The molecular formula is C34H37F4N3O6. The molecule has 3 heterocycles. The van der Waals surface area contributed by atoms with E-state index in [2.05, 4.69) is 5.32 Å². The maximum atomic E-state index is 15.5. The number of alkyl halides is 3. The molecule has 0 saturated carbocycles. The van der Waals surface area contributed by atoms with Crippen molar-refractivity contribution in [2.75, 3.05) is 38.4 Å². The van der Waals surface area contributed by atoms with E-state index in [1.54, 1.807) is 23.7 Å². The molecule has 47 heavy (non-hydrogen) atoms. The van der Waals surface area contributed by atoms with Gasteiger partial charge in [-0.3, -0.25) is 9.59 Å². The number of rotatable bonds is 7. The van der Waals surface area contributed by atoms with Gasteiger partial charge in [-0.25, -0.2) is 9.18 Å². The number of aromatic nitrogens is 1. The fourth-order valence-electron chi connectivity index (χ4n) is 6.37. The molecule has 1 aromatic heterocycles. The molecule has 13 heteroatoms. The van der Waals surface area contributed by atoms with Gasteiger partial charge < -0.3 is 29.0 Å². The lowest BCUT2D eigenvalue weighted by Crippen LogP contribution is -2.53. The van der Waals surface area contributed by atoms with Gasteiger partial charge in [0.15, 0.2) is 0 Å². The third kappa shape index (κ3) is 6.71. The van der Waals surface area contributed by atoms with E-state index >= 15 is 4.39 Å². The zero-order valence-electron chi connectivity index (χ0n) is 26.8. The van der Waals surface area contributed by atoms with Crippen LogP contribution in [0.3, 0.4) is 0 Å². The number of carbonyl (C=O) groups excluding carboxylic acids is 2. The number of morpholine rings is 1. The van der Waals surface area contributed by atoms with Gasteiger partial charge in [-0.2, -0.15) is 13.2 Å². The van der Waals surface area contributed by atoms with Crippen LogP contribution >= 0.6 is 0 Å². The molecular weight excluding hydrogens is 622 g/mol. The maximum Gasteiger partial charge on any atom is 0.411 e. The number of nitrogens with zero attached hydrogens (tertiary/aromatic N) is 2. The molecule has 0 aliphatic carbocycles. The molecule has 2 aliphatic rings. The molecule has 9 nitrogen and oxygen atoms in total.